The number of aromatic hydroxyl groups is 3. The monoisotopic (exact) mass is 366 g/mol. The minimum absolute atomic E-state index is 0.0440. The van der Waals surface area contributed by atoms with E-state index in [1.807, 2.05) is 52.0 Å². The van der Waals surface area contributed by atoms with E-state index in [2.05, 4.69) is 0 Å². The van der Waals surface area contributed by atoms with Gasteiger partial charge in [-0.1, -0.05) is 26.0 Å². The normalized spacial score (nSPS) is 10.1. The Morgan fingerprint density at radius 3 is 1.67 bits per heavy atom. The van der Waals surface area contributed by atoms with Gasteiger partial charge in [0.05, 0.1) is 7.11 Å². The Bertz CT molecular complexity index is 945. The molecule has 0 aliphatic carbocycles. The van der Waals surface area contributed by atoms with Crippen LogP contribution in [-0.4, -0.2) is 22.4 Å². The lowest BCUT2D eigenvalue weighted by atomic mass is 9.91. The van der Waals surface area contributed by atoms with Crippen LogP contribution in [-0.2, 0) is 0 Å². The van der Waals surface area contributed by atoms with E-state index in [0.717, 1.165) is 33.4 Å². The van der Waals surface area contributed by atoms with Crippen molar-refractivity contribution in [3.8, 4) is 45.3 Å². The van der Waals surface area contributed by atoms with E-state index in [-0.39, 0.29) is 17.2 Å². The van der Waals surface area contributed by atoms with Crippen LogP contribution in [0.4, 0.5) is 0 Å². The Morgan fingerprint density at radius 2 is 1.15 bits per heavy atom. The average Bonchev–Trinajstić information content (AvgIpc) is 2.67. The van der Waals surface area contributed by atoms with Crippen molar-refractivity contribution in [2.75, 3.05) is 7.11 Å². The van der Waals surface area contributed by atoms with Crippen molar-refractivity contribution in [1.29, 1.82) is 0 Å². The van der Waals surface area contributed by atoms with Gasteiger partial charge >= 0.3 is 0 Å². The summed E-state index contributed by atoms with van der Waals surface area (Å²) in [6.07, 6.45) is 0. The van der Waals surface area contributed by atoms with Gasteiger partial charge in [0.25, 0.3) is 0 Å². The molecule has 0 amide bonds. The first kappa shape index (κ1) is 20.2. The van der Waals surface area contributed by atoms with Crippen LogP contribution in [0.25, 0.3) is 22.3 Å². The largest absolute Gasteiger partial charge is 0.508 e. The summed E-state index contributed by atoms with van der Waals surface area (Å²) in [5.41, 5.74) is 4.81. The molecule has 3 aromatic rings. The second-order valence-corrected chi connectivity index (χ2v) is 6.04. The molecule has 4 nitrogen and oxygen atoms in total. The summed E-state index contributed by atoms with van der Waals surface area (Å²) in [5, 5.41) is 29.8. The molecule has 4 heteroatoms. The summed E-state index contributed by atoms with van der Waals surface area (Å²) >= 11 is 0. The highest BCUT2D eigenvalue weighted by atomic mass is 16.5. The summed E-state index contributed by atoms with van der Waals surface area (Å²) in [7, 11) is 1.51. The quantitative estimate of drug-likeness (QED) is 0.549. The van der Waals surface area contributed by atoms with Crippen LogP contribution >= 0.6 is 0 Å². The van der Waals surface area contributed by atoms with Gasteiger partial charge in [-0.3, -0.25) is 0 Å². The van der Waals surface area contributed by atoms with E-state index < -0.39 is 0 Å². The SMILES string of the molecule is CC.COc1c(O)ccc(-c2ccc(O)c(C)c2)c1-c1ccc(O)c(C)c1. The molecule has 0 heterocycles. The maximum Gasteiger partial charge on any atom is 0.168 e. The molecule has 0 aromatic heterocycles. The second kappa shape index (κ2) is 8.49. The third-order valence-corrected chi connectivity index (χ3v) is 4.33. The van der Waals surface area contributed by atoms with Gasteiger partial charge in [-0.25, -0.2) is 0 Å². The first-order valence-corrected chi connectivity index (χ1v) is 8.92. The zero-order valence-corrected chi connectivity index (χ0v) is 16.4. The third-order valence-electron chi connectivity index (χ3n) is 4.33. The van der Waals surface area contributed by atoms with Gasteiger partial charge in [0.2, 0.25) is 0 Å². The predicted octanol–water partition coefficient (Wildman–Crippen LogP) is 5.79. The minimum Gasteiger partial charge on any atom is -0.508 e. The van der Waals surface area contributed by atoms with E-state index in [0.29, 0.717) is 5.75 Å². The van der Waals surface area contributed by atoms with Crippen LogP contribution in [0, 0.1) is 13.8 Å². The van der Waals surface area contributed by atoms with Gasteiger partial charge in [0, 0.05) is 5.56 Å². The number of hydrogen-bond donors (Lipinski definition) is 3. The van der Waals surface area contributed by atoms with Gasteiger partial charge in [0.1, 0.15) is 11.5 Å². The zero-order valence-electron chi connectivity index (χ0n) is 16.4. The number of aryl methyl sites for hydroxylation is 2. The lowest BCUT2D eigenvalue weighted by Gasteiger charge is -2.17. The lowest BCUT2D eigenvalue weighted by molar-refractivity contribution is 0.375. The van der Waals surface area contributed by atoms with Gasteiger partial charge in [-0.2, -0.15) is 0 Å². The van der Waals surface area contributed by atoms with Crippen molar-refractivity contribution < 1.29 is 20.1 Å². The lowest BCUT2D eigenvalue weighted by Crippen LogP contribution is -1.93. The van der Waals surface area contributed by atoms with Crippen molar-refractivity contribution in [2.45, 2.75) is 27.7 Å². The highest BCUT2D eigenvalue weighted by Crippen LogP contribution is 2.45. The van der Waals surface area contributed by atoms with Crippen LogP contribution in [0.3, 0.4) is 0 Å². The maximum absolute atomic E-state index is 10.2. The summed E-state index contributed by atoms with van der Waals surface area (Å²) in [6.45, 7) is 7.65. The number of phenols is 3. The molecule has 0 saturated heterocycles. The molecule has 0 saturated carbocycles. The fraction of sp³-hybridized carbons (Fsp3) is 0.217. The fourth-order valence-electron chi connectivity index (χ4n) is 2.94. The van der Waals surface area contributed by atoms with Crippen molar-refractivity contribution >= 4 is 0 Å². The molecule has 142 valence electrons. The number of phenolic OH excluding ortho intramolecular Hbond substituents is 3. The Kier molecular flexibility index (Phi) is 6.35. The molecule has 0 aliphatic rings. The van der Waals surface area contributed by atoms with E-state index in [1.165, 1.54) is 7.11 Å². The molecule has 0 fully saturated rings. The summed E-state index contributed by atoms with van der Waals surface area (Å²) in [5.74, 6) is 0.859. The predicted molar refractivity (Wildman–Crippen MR) is 110 cm³/mol. The third kappa shape index (κ3) is 4.00. The van der Waals surface area contributed by atoms with Crippen molar-refractivity contribution in [2.24, 2.45) is 0 Å². The Balaban J connectivity index is 0.00000126. The molecule has 27 heavy (non-hydrogen) atoms. The zero-order chi connectivity index (χ0) is 20.1. The molecule has 3 N–H and O–H groups in total. The standard InChI is InChI=1S/C21H20O4.C2H6/c1-12-10-14(4-7-17(12)22)16-6-9-19(24)21(25-3)20(16)15-5-8-18(23)13(2)11-15;1-2/h4-11,22-24H,1-3H3;1-2H3. The van der Waals surface area contributed by atoms with Crippen molar-refractivity contribution in [1.82, 2.24) is 0 Å². The van der Waals surface area contributed by atoms with Gasteiger partial charge in [-0.15, -0.1) is 0 Å². The van der Waals surface area contributed by atoms with E-state index in [4.69, 9.17) is 4.74 Å². The topological polar surface area (TPSA) is 69.9 Å². The highest BCUT2D eigenvalue weighted by molar-refractivity contribution is 5.90. The van der Waals surface area contributed by atoms with Gasteiger partial charge in [0.15, 0.2) is 11.5 Å². The molecular formula is C23H26O4. The minimum atomic E-state index is 0.0440. The number of hydrogen-bond acceptors (Lipinski definition) is 4. The molecule has 0 atom stereocenters. The van der Waals surface area contributed by atoms with E-state index in [1.54, 1.807) is 24.3 Å². The van der Waals surface area contributed by atoms with E-state index in [9.17, 15) is 15.3 Å². The molecule has 0 radical (unpaired) electrons. The Labute approximate surface area is 160 Å². The van der Waals surface area contributed by atoms with Crippen LogP contribution in [0.5, 0.6) is 23.0 Å². The first-order chi connectivity index (χ1) is 12.9. The smallest absolute Gasteiger partial charge is 0.168 e. The molecule has 0 spiro atoms. The Morgan fingerprint density at radius 1 is 0.667 bits per heavy atom. The average molecular weight is 366 g/mol. The molecule has 0 unspecified atom stereocenters. The maximum atomic E-state index is 10.2. The summed E-state index contributed by atoms with van der Waals surface area (Å²) in [4.78, 5) is 0. The summed E-state index contributed by atoms with van der Waals surface area (Å²) in [6, 6.07) is 14.0. The van der Waals surface area contributed by atoms with Crippen LogP contribution < -0.4 is 4.74 Å². The van der Waals surface area contributed by atoms with E-state index >= 15 is 0 Å². The Hall–Kier alpha value is -3.14. The van der Waals surface area contributed by atoms with Crippen LogP contribution in [0.2, 0.25) is 0 Å². The number of ether oxygens (including phenoxy) is 1. The summed E-state index contributed by atoms with van der Waals surface area (Å²) < 4.78 is 5.45. The van der Waals surface area contributed by atoms with Gasteiger partial charge < -0.3 is 20.1 Å². The number of methoxy groups -OCH3 is 1. The fourth-order valence-corrected chi connectivity index (χ4v) is 2.94. The molecule has 3 rings (SSSR count). The molecule has 0 bridgehead atoms. The number of benzene rings is 3. The second-order valence-electron chi connectivity index (χ2n) is 6.04. The molecular weight excluding hydrogens is 340 g/mol. The highest BCUT2D eigenvalue weighted by Gasteiger charge is 2.18. The molecule has 3 aromatic carbocycles. The van der Waals surface area contributed by atoms with Gasteiger partial charge in [-0.05, 0) is 78.1 Å². The first-order valence-electron chi connectivity index (χ1n) is 8.92. The van der Waals surface area contributed by atoms with Crippen LogP contribution in [0.15, 0.2) is 48.5 Å². The van der Waals surface area contributed by atoms with Crippen LogP contribution in [0.1, 0.15) is 25.0 Å². The molecule has 0 aliphatic heterocycles. The van der Waals surface area contributed by atoms with Crippen molar-refractivity contribution in [3.05, 3.63) is 59.7 Å². The number of rotatable bonds is 3. The van der Waals surface area contributed by atoms with Crippen molar-refractivity contribution in [3.63, 3.8) is 0 Å².